The summed E-state index contributed by atoms with van der Waals surface area (Å²) in [6.07, 6.45) is 0. The summed E-state index contributed by atoms with van der Waals surface area (Å²) in [7, 11) is 1.63. The number of benzene rings is 1. The fraction of sp³-hybridized carbons (Fsp3) is 0.368. The number of halogens is 1. The molecule has 0 spiro atoms. The fourth-order valence-electron chi connectivity index (χ4n) is 3.04. The number of hydrogen-bond donors (Lipinski definition) is 2. The zero-order valence-corrected chi connectivity index (χ0v) is 16.8. The molecule has 6 heteroatoms. The molecule has 2 rings (SSSR count). The minimum atomic E-state index is -0.0225. The molecule has 0 aliphatic heterocycles. The van der Waals surface area contributed by atoms with E-state index >= 15 is 0 Å². The van der Waals surface area contributed by atoms with E-state index in [0.717, 1.165) is 27.0 Å². The predicted molar refractivity (Wildman–Crippen MR) is 101 cm³/mol. The molecule has 0 saturated heterocycles. The highest BCUT2D eigenvalue weighted by atomic mass is 79.9. The molecule has 0 fully saturated rings. The van der Waals surface area contributed by atoms with Gasteiger partial charge in [0.2, 0.25) is 5.78 Å². The summed E-state index contributed by atoms with van der Waals surface area (Å²) in [5.41, 5.74) is 3.74. The van der Waals surface area contributed by atoms with Crippen LogP contribution >= 0.6 is 15.9 Å². The number of rotatable bonds is 7. The van der Waals surface area contributed by atoms with Gasteiger partial charge >= 0.3 is 0 Å². The van der Waals surface area contributed by atoms with Crippen LogP contribution in [0.3, 0.4) is 0 Å². The SMILES string of the molecule is COc1ccc([C@H](C)[NH2+]CC(=O)c2[nH]c(C)c(C(C)=O)c2C)cc1Br. The second kappa shape index (κ2) is 7.97. The van der Waals surface area contributed by atoms with E-state index in [0.29, 0.717) is 17.8 Å². The van der Waals surface area contributed by atoms with Crippen LogP contribution < -0.4 is 10.1 Å². The van der Waals surface area contributed by atoms with Crippen LogP contribution in [0.5, 0.6) is 5.75 Å². The quantitative estimate of drug-likeness (QED) is 0.692. The molecule has 0 radical (unpaired) electrons. The summed E-state index contributed by atoms with van der Waals surface area (Å²) >= 11 is 3.48. The van der Waals surface area contributed by atoms with Crippen LogP contribution in [0.25, 0.3) is 0 Å². The van der Waals surface area contributed by atoms with E-state index in [2.05, 4.69) is 27.8 Å². The fourth-order valence-corrected chi connectivity index (χ4v) is 3.60. The number of aromatic amines is 1. The van der Waals surface area contributed by atoms with Crippen molar-refractivity contribution in [1.82, 2.24) is 4.98 Å². The molecular weight excluding hydrogens is 384 g/mol. The third-order valence-electron chi connectivity index (χ3n) is 4.43. The first-order valence-electron chi connectivity index (χ1n) is 8.16. The van der Waals surface area contributed by atoms with Crippen molar-refractivity contribution in [3.05, 3.63) is 50.8 Å². The number of ketones is 2. The number of aromatic nitrogens is 1. The topological polar surface area (TPSA) is 75.8 Å². The molecular formula is C19H24BrN2O3+. The van der Waals surface area contributed by atoms with Crippen molar-refractivity contribution < 1.29 is 19.6 Å². The largest absolute Gasteiger partial charge is 0.496 e. The van der Waals surface area contributed by atoms with E-state index in [-0.39, 0.29) is 17.6 Å². The number of hydrogen-bond acceptors (Lipinski definition) is 3. The van der Waals surface area contributed by atoms with Crippen LogP contribution in [-0.2, 0) is 0 Å². The maximum absolute atomic E-state index is 12.6. The van der Waals surface area contributed by atoms with Crippen LogP contribution in [0, 0.1) is 13.8 Å². The molecule has 0 aliphatic rings. The summed E-state index contributed by atoms with van der Waals surface area (Å²) in [5, 5.41) is 1.99. The number of quaternary nitrogens is 1. The molecule has 0 aliphatic carbocycles. The monoisotopic (exact) mass is 407 g/mol. The lowest BCUT2D eigenvalue weighted by atomic mass is 10.0. The second-order valence-electron chi connectivity index (χ2n) is 6.23. The minimum Gasteiger partial charge on any atom is -0.496 e. The van der Waals surface area contributed by atoms with Gasteiger partial charge < -0.3 is 15.0 Å². The first-order valence-corrected chi connectivity index (χ1v) is 8.95. The van der Waals surface area contributed by atoms with Gasteiger partial charge in [-0.2, -0.15) is 0 Å². The van der Waals surface area contributed by atoms with E-state index in [1.807, 2.05) is 37.4 Å². The molecule has 134 valence electrons. The predicted octanol–water partition coefficient (Wildman–Crippen LogP) is 3.11. The highest BCUT2D eigenvalue weighted by Crippen LogP contribution is 2.27. The van der Waals surface area contributed by atoms with Crippen LogP contribution in [-0.4, -0.2) is 30.2 Å². The first kappa shape index (κ1) is 19.4. The van der Waals surface area contributed by atoms with Crippen molar-refractivity contribution in [2.45, 2.75) is 33.7 Å². The van der Waals surface area contributed by atoms with Gasteiger partial charge in [-0.05, 0) is 67.4 Å². The number of carbonyl (C=O) groups is 2. The Morgan fingerprint density at radius 2 is 2.00 bits per heavy atom. The normalized spacial score (nSPS) is 12.1. The summed E-state index contributed by atoms with van der Waals surface area (Å²) in [6, 6.07) is 6.02. The number of methoxy groups -OCH3 is 1. The van der Waals surface area contributed by atoms with Crippen LogP contribution in [0.2, 0.25) is 0 Å². The Morgan fingerprint density at radius 1 is 1.32 bits per heavy atom. The molecule has 0 saturated carbocycles. The zero-order valence-electron chi connectivity index (χ0n) is 15.2. The van der Waals surface area contributed by atoms with E-state index < -0.39 is 0 Å². The smallest absolute Gasteiger partial charge is 0.233 e. The number of Topliss-reactive ketones (excluding diaryl/α,β-unsaturated/α-hetero) is 2. The molecule has 3 N–H and O–H groups in total. The molecule has 1 aromatic heterocycles. The van der Waals surface area contributed by atoms with E-state index in [1.54, 1.807) is 7.11 Å². The van der Waals surface area contributed by atoms with Gasteiger partial charge in [-0.25, -0.2) is 0 Å². The zero-order chi connectivity index (χ0) is 18.7. The van der Waals surface area contributed by atoms with Gasteiger partial charge in [0.1, 0.15) is 18.3 Å². The lowest BCUT2D eigenvalue weighted by Crippen LogP contribution is -2.86. The standard InChI is InChI=1S/C19H23BrN2O3/c1-10-18(13(4)23)12(3)22-19(10)16(24)9-21-11(2)14-6-7-17(25-5)15(20)8-14/h6-8,11,21-22H,9H2,1-5H3/p+1/t11-/m0/s1. The van der Waals surface area contributed by atoms with Crippen LogP contribution in [0.4, 0.5) is 0 Å². The Balaban J connectivity index is 2.08. The third kappa shape index (κ3) is 4.19. The summed E-state index contributed by atoms with van der Waals surface area (Å²) < 4.78 is 6.13. The molecule has 5 nitrogen and oxygen atoms in total. The highest BCUT2D eigenvalue weighted by Gasteiger charge is 2.21. The van der Waals surface area contributed by atoms with Crippen molar-refractivity contribution >= 4 is 27.5 Å². The molecule has 0 amide bonds. The molecule has 1 aromatic carbocycles. The number of carbonyl (C=O) groups excluding carboxylic acids is 2. The van der Waals surface area contributed by atoms with Crippen molar-refractivity contribution in [3.63, 3.8) is 0 Å². The molecule has 1 atom stereocenters. The van der Waals surface area contributed by atoms with Crippen molar-refractivity contribution in [2.75, 3.05) is 13.7 Å². The lowest BCUT2D eigenvalue weighted by Gasteiger charge is -2.12. The average Bonchev–Trinajstić information content (AvgIpc) is 2.86. The summed E-state index contributed by atoms with van der Waals surface area (Å²) in [5.74, 6) is 0.750. The van der Waals surface area contributed by atoms with Crippen LogP contribution in [0.15, 0.2) is 22.7 Å². The third-order valence-corrected chi connectivity index (χ3v) is 5.05. The maximum atomic E-state index is 12.6. The molecule has 0 bridgehead atoms. The van der Waals surface area contributed by atoms with E-state index in [9.17, 15) is 9.59 Å². The van der Waals surface area contributed by atoms with Crippen molar-refractivity contribution in [1.29, 1.82) is 0 Å². The first-order chi connectivity index (χ1) is 11.8. The minimum absolute atomic E-state index is 0.00692. The van der Waals surface area contributed by atoms with Gasteiger partial charge in [0.05, 0.1) is 17.3 Å². The molecule has 25 heavy (non-hydrogen) atoms. The molecule has 1 heterocycles. The Kier molecular flexibility index (Phi) is 6.19. The molecule has 0 unspecified atom stereocenters. The van der Waals surface area contributed by atoms with Gasteiger partial charge in [-0.1, -0.05) is 0 Å². The average molecular weight is 408 g/mol. The van der Waals surface area contributed by atoms with E-state index in [1.165, 1.54) is 6.92 Å². The molecule has 2 aromatic rings. The number of H-pyrrole nitrogens is 1. The number of ether oxygens (including phenoxy) is 1. The Morgan fingerprint density at radius 3 is 2.52 bits per heavy atom. The van der Waals surface area contributed by atoms with Gasteiger partial charge in [-0.15, -0.1) is 0 Å². The maximum Gasteiger partial charge on any atom is 0.233 e. The second-order valence-corrected chi connectivity index (χ2v) is 7.08. The number of aryl methyl sites for hydroxylation is 1. The van der Waals surface area contributed by atoms with Gasteiger partial charge in [-0.3, -0.25) is 9.59 Å². The van der Waals surface area contributed by atoms with E-state index in [4.69, 9.17) is 4.74 Å². The number of nitrogens with one attached hydrogen (secondary N) is 1. The summed E-state index contributed by atoms with van der Waals surface area (Å²) in [6.45, 7) is 7.52. The Bertz CT molecular complexity index is 811. The Hall–Kier alpha value is -1.92. The number of nitrogens with two attached hydrogens (primary N) is 1. The summed E-state index contributed by atoms with van der Waals surface area (Å²) in [4.78, 5) is 27.3. The van der Waals surface area contributed by atoms with Gasteiger partial charge in [0.15, 0.2) is 5.78 Å². The van der Waals surface area contributed by atoms with Crippen LogP contribution in [0.1, 0.15) is 57.6 Å². The Labute approximate surface area is 156 Å². The van der Waals surface area contributed by atoms with Gasteiger partial charge in [0.25, 0.3) is 0 Å². The van der Waals surface area contributed by atoms with Gasteiger partial charge in [0, 0.05) is 16.8 Å². The highest BCUT2D eigenvalue weighted by molar-refractivity contribution is 9.10. The lowest BCUT2D eigenvalue weighted by molar-refractivity contribution is -0.681. The van der Waals surface area contributed by atoms with Crippen molar-refractivity contribution in [3.8, 4) is 5.75 Å². The van der Waals surface area contributed by atoms with Crippen molar-refractivity contribution in [2.24, 2.45) is 0 Å².